The van der Waals surface area contributed by atoms with E-state index in [2.05, 4.69) is 0 Å². The van der Waals surface area contributed by atoms with E-state index < -0.39 is 5.60 Å². The van der Waals surface area contributed by atoms with Crippen LogP contribution >= 0.6 is 11.6 Å². The third-order valence-corrected chi connectivity index (χ3v) is 5.05. The summed E-state index contributed by atoms with van der Waals surface area (Å²) in [6.45, 7) is 1.71. The number of ether oxygens (including phenoxy) is 2. The van der Waals surface area contributed by atoms with Crippen molar-refractivity contribution < 1.29 is 14.3 Å². The van der Waals surface area contributed by atoms with Gasteiger partial charge in [0.1, 0.15) is 18.0 Å². The number of likely N-dealkylation sites (tertiary alicyclic amines) is 1. The molecule has 0 aliphatic carbocycles. The van der Waals surface area contributed by atoms with E-state index in [1.807, 2.05) is 59.5 Å². The lowest BCUT2D eigenvalue weighted by Crippen LogP contribution is -2.54. The predicted octanol–water partition coefficient (Wildman–Crippen LogP) is 3.97. The molecule has 0 spiro atoms. The summed E-state index contributed by atoms with van der Waals surface area (Å²) in [5, 5.41) is 0.649. The Hall–Kier alpha value is -2.04. The van der Waals surface area contributed by atoms with Crippen LogP contribution in [0, 0.1) is 0 Å². The zero-order chi connectivity index (χ0) is 18.4. The zero-order valence-electron chi connectivity index (χ0n) is 15.0. The highest BCUT2D eigenvalue weighted by Crippen LogP contribution is 2.27. The Bertz CT molecular complexity index is 737. The molecule has 1 aliphatic heterocycles. The first-order chi connectivity index (χ1) is 12.6. The van der Waals surface area contributed by atoms with Gasteiger partial charge < -0.3 is 14.4 Å². The first-order valence-electron chi connectivity index (χ1n) is 8.85. The number of nitrogens with zero attached hydrogens (tertiary/aromatic N) is 1. The van der Waals surface area contributed by atoms with Crippen molar-refractivity contribution in [1.29, 1.82) is 0 Å². The van der Waals surface area contributed by atoms with Crippen LogP contribution in [0.3, 0.4) is 0 Å². The lowest BCUT2D eigenvalue weighted by molar-refractivity contribution is -0.142. The van der Waals surface area contributed by atoms with Gasteiger partial charge >= 0.3 is 0 Å². The van der Waals surface area contributed by atoms with Crippen molar-refractivity contribution in [1.82, 2.24) is 4.90 Å². The molecule has 1 amide bonds. The first-order valence-corrected chi connectivity index (χ1v) is 9.23. The van der Waals surface area contributed by atoms with Crippen molar-refractivity contribution in [3.05, 3.63) is 65.2 Å². The Morgan fingerprint density at radius 2 is 2.00 bits per heavy atom. The largest absolute Gasteiger partial charge is 0.491 e. The molecule has 1 unspecified atom stereocenters. The van der Waals surface area contributed by atoms with E-state index in [-0.39, 0.29) is 5.91 Å². The van der Waals surface area contributed by atoms with Crippen LogP contribution in [0.25, 0.3) is 0 Å². The van der Waals surface area contributed by atoms with Crippen LogP contribution in [0.2, 0.25) is 5.02 Å². The summed E-state index contributed by atoms with van der Waals surface area (Å²) in [6.07, 6.45) is 2.12. The molecule has 4 nitrogen and oxygen atoms in total. The maximum atomic E-state index is 12.7. The summed E-state index contributed by atoms with van der Waals surface area (Å²) in [5.41, 5.74) is 0.453. The van der Waals surface area contributed by atoms with Crippen LogP contribution in [-0.2, 0) is 16.0 Å². The van der Waals surface area contributed by atoms with Crippen LogP contribution in [0.5, 0.6) is 5.75 Å². The van der Waals surface area contributed by atoms with Gasteiger partial charge in [0.2, 0.25) is 5.91 Å². The first kappa shape index (κ1) is 18.7. The van der Waals surface area contributed by atoms with E-state index in [1.165, 1.54) is 0 Å². The molecule has 0 bridgehead atoms. The van der Waals surface area contributed by atoms with Gasteiger partial charge in [-0.05, 0) is 42.7 Å². The molecule has 3 rings (SSSR count). The maximum absolute atomic E-state index is 12.7. The number of hydrogen-bond donors (Lipinski definition) is 0. The number of rotatable bonds is 6. The topological polar surface area (TPSA) is 38.8 Å². The molecule has 0 N–H and O–H groups in total. The smallest absolute Gasteiger partial charge is 0.227 e. The molecule has 138 valence electrons. The fourth-order valence-corrected chi connectivity index (χ4v) is 3.53. The predicted molar refractivity (Wildman–Crippen MR) is 103 cm³/mol. The summed E-state index contributed by atoms with van der Waals surface area (Å²) in [6, 6.07) is 17.1. The maximum Gasteiger partial charge on any atom is 0.227 e. The van der Waals surface area contributed by atoms with Crippen LogP contribution in [0.1, 0.15) is 18.4 Å². The van der Waals surface area contributed by atoms with Gasteiger partial charge in [0, 0.05) is 18.7 Å². The highest BCUT2D eigenvalue weighted by atomic mass is 35.5. The van der Waals surface area contributed by atoms with Crippen molar-refractivity contribution in [3.8, 4) is 5.75 Å². The van der Waals surface area contributed by atoms with Crippen molar-refractivity contribution in [3.63, 3.8) is 0 Å². The molecule has 0 saturated carbocycles. The lowest BCUT2D eigenvalue weighted by atomic mass is 9.92. The van der Waals surface area contributed by atoms with Crippen molar-refractivity contribution in [2.75, 3.05) is 26.8 Å². The SMILES string of the molecule is COC1(COc2ccccc2)CCCN(C(=O)Cc2cccc(Cl)c2)C1. The number of halogens is 1. The summed E-state index contributed by atoms with van der Waals surface area (Å²) in [5.74, 6) is 0.902. The van der Waals surface area contributed by atoms with Crippen LogP contribution in [-0.4, -0.2) is 43.2 Å². The van der Waals surface area contributed by atoms with Crippen molar-refractivity contribution >= 4 is 17.5 Å². The molecule has 1 heterocycles. The van der Waals surface area contributed by atoms with E-state index in [1.54, 1.807) is 7.11 Å². The molecular weight excluding hydrogens is 350 g/mol. The molecule has 2 aromatic rings. The van der Waals surface area contributed by atoms with Crippen molar-refractivity contribution in [2.24, 2.45) is 0 Å². The Balaban J connectivity index is 1.63. The van der Waals surface area contributed by atoms with Crippen LogP contribution in [0.15, 0.2) is 54.6 Å². The van der Waals surface area contributed by atoms with Crippen LogP contribution < -0.4 is 4.74 Å². The highest BCUT2D eigenvalue weighted by molar-refractivity contribution is 6.30. The Labute approximate surface area is 159 Å². The number of piperidine rings is 1. The van der Waals surface area contributed by atoms with Gasteiger partial charge in [-0.25, -0.2) is 0 Å². The third-order valence-electron chi connectivity index (χ3n) is 4.81. The molecule has 5 heteroatoms. The normalized spacial score (nSPS) is 20.0. The highest BCUT2D eigenvalue weighted by Gasteiger charge is 2.38. The average Bonchev–Trinajstić information content (AvgIpc) is 2.67. The molecule has 26 heavy (non-hydrogen) atoms. The fourth-order valence-electron chi connectivity index (χ4n) is 3.32. The fraction of sp³-hybridized carbons (Fsp3) is 0.381. The number of methoxy groups -OCH3 is 1. The molecule has 0 radical (unpaired) electrons. The number of benzene rings is 2. The second-order valence-corrected chi connectivity index (χ2v) is 7.15. The van der Waals surface area contributed by atoms with Gasteiger partial charge in [0.25, 0.3) is 0 Å². The van der Waals surface area contributed by atoms with Gasteiger partial charge in [0.05, 0.1) is 13.0 Å². The molecule has 1 atom stereocenters. The number of hydrogen-bond acceptors (Lipinski definition) is 3. The quantitative estimate of drug-likeness (QED) is 0.769. The van der Waals surface area contributed by atoms with Gasteiger partial charge in [-0.15, -0.1) is 0 Å². The van der Waals surface area contributed by atoms with Crippen LogP contribution in [0.4, 0.5) is 0 Å². The minimum absolute atomic E-state index is 0.0908. The third kappa shape index (κ3) is 4.77. The number of amides is 1. The minimum atomic E-state index is -0.474. The van der Waals surface area contributed by atoms with Gasteiger partial charge in [-0.1, -0.05) is 41.9 Å². The van der Waals surface area contributed by atoms with E-state index >= 15 is 0 Å². The number of carbonyl (C=O) groups is 1. The monoisotopic (exact) mass is 373 g/mol. The van der Waals surface area contributed by atoms with Gasteiger partial charge in [-0.3, -0.25) is 4.79 Å². The Kier molecular flexibility index (Phi) is 6.17. The Morgan fingerprint density at radius 1 is 1.19 bits per heavy atom. The molecular formula is C21H24ClNO3. The van der Waals surface area contributed by atoms with Crippen molar-refractivity contribution in [2.45, 2.75) is 24.9 Å². The minimum Gasteiger partial charge on any atom is -0.491 e. The van der Waals surface area contributed by atoms with E-state index in [0.717, 1.165) is 30.7 Å². The average molecular weight is 374 g/mol. The number of carbonyl (C=O) groups excluding carboxylic acids is 1. The van der Waals surface area contributed by atoms with Gasteiger partial charge in [-0.2, -0.15) is 0 Å². The summed E-state index contributed by atoms with van der Waals surface area (Å²) in [4.78, 5) is 14.6. The molecule has 1 saturated heterocycles. The standard InChI is InChI=1S/C21H24ClNO3/c1-25-21(16-26-19-9-3-2-4-10-19)11-6-12-23(15-21)20(24)14-17-7-5-8-18(22)13-17/h2-5,7-10,13H,6,11-12,14-16H2,1H3. The van der Waals surface area contributed by atoms with E-state index in [4.69, 9.17) is 21.1 Å². The van der Waals surface area contributed by atoms with E-state index in [0.29, 0.717) is 24.6 Å². The zero-order valence-corrected chi connectivity index (χ0v) is 15.7. The molecule has 1 aliphatic rings. The number of para-hydroxylation sites is 1. The van der Waals surface area contributed by atoms with Gasteiger partial charge in [0.15, 0.2) is 0 Å². The van der Waals surface area contributed by atoms with E-state index in [9.17, 15) is 4.79 Å². The summed E-state index contributed by atoms with van der Waals surface area (Å²) < 4.78 is 11.7. The molecule has 0 aromatic heterocycles. The summed E-state index contributed by atoms with van der Waals surface area (Å²) >= 11 is 6.02. The summed E-state index contributed by atoms with van der Waals surface area (Å²) in [7, 11) is 1.69. The lowest BCUT2D eigenvalue weighted by Gasteiger charge is -2.41. The molecule has 2 aromatic carbocycles. The second-order valence-electron chi connectivity index (χ2n) is 6.71. The Morgan fingerprint density at radius 3 is 2.73 bits per heavy atom. The molecule has 1 fully saturated rings. The second kappa shape index (κ2) is 8.56.